The Labute approximate surface area is 118 Å². The second kappa shape index (κ2) is 6.06. The normalized spacial score (nSPS) is 13.8. The molecule has 0 aliphatic rings. The van der Waals surface area contributed by atoms with Crippen molar-refractivity contribution >= 4 is 0 Å². The first-order valence-corrected chi connectivity index (χ1v) is 6.82. The summed E-state index contributed by atoms with van der Waals surface area (Å²) in [6, 6.07) is 13.5. The van der Waals surface area contributed by atoms with Crippen molar-refractivity contribution in [2.75, 3.05) is 6.61 Å². The zero-order chi connectivity index (χ0) is 14.6. The average Bonchev–Trinajstić information content (AvgIpc) is 2.48. The van der Waals surface area contributed by atoms with E-state index in [0.717, 1.165) is 5.75 Å². The maximum absolute atomic E-state index is 14.0. The molecule has 106 valence electrons. The summed E-state index contributed by atoms with van der Waals surface area (Å²) in [7, 11) is 0. The van der Waals surface area contributed by atoms with Crippen molar-refractivity contribution in [1.29, 1.82) is 0 Å². The van der Waals surface area contributed by atoms with Crippen molar-refractivity contribution in [3.63, 3.8) is 0 Å². The van der Waals surface area contributed by atoms with Gasteiger partial charge in [0.1, 0.15) is 17.2 Å². The summed E-state index contributed by atoms with van der Waals surface area (Å²) in [5, 5.41) is 10.9. The van der Waals surface area contributed by atoms with Crippen LogP contribution in [0.3, 0.4) is 0 Å². The van der Waals surface area contributed by atoms with E-state index < -0.39 is 11.4 Å². The topological polar surface area (TPSA) is 29.5 Å². The highest BCUT2D eigenvalue weighted by Gasteiger charge is 2.32. The number of rotatable bonds is 5. The maximum Gasteiger partial charge on any atom is 0.129 e. The molecule has 0 saturated carbocycles. The molecule has 3 heteroatoms. The minimum atomic E-state index is -1.32. The van der Waals surface area contributed by atoms with Crippen molar-refractivity contribution in [2.45, 2.75) is 25.9 Å². The van der Waals surface area contributed by atoms with E-state index in [0.29, 0.717) is 24.2 Å². The second-order valence-corrected chi connectivity index (χ2v) is 4.65. The lowest BCUT2D eigenvalue weighted by Gasteiger charge is -2.28. The molecule has 2 rings (SSSR count). The van der Waals surface area contributed by atoms with E-state index in [-0.39, 0.29) is 0 Å². The minimum Gasteiger partial charge on any atom is -0.494 e. The fourth-order valence-corrected chi connectivity index (χ4v) is 2.34. The van der Waals surface area contributed by atoms with Gasteiger partial charge in [0.2, 0.25) is 0 Å². The molecule has 0 spiro atoms. The molecule has 0 aromatic heterocycles. The van der Waals surface area contributed by atoms with Gasteiger partial charge >= 0.3 is 0 Å². The number of hydrogen-bond acceptors (Lipinski definition) is 2. The first kappa shape index (κ1) is 14.5. The summed E-state index contributed by atoms with van der Waals surface area (Å²) in [5.74, 6) is 0.342. The molecule has 0 fully saturated rings. The fraction of sp³-hybridized carbons (Fsp3) is 0.294. The number of ether oxygens (including phenoxy) is 1. The van der Waals surface area contributed by atoms with Gasteiger partial charge in [-0.15, -0.1) is 0 Å². The van der Waals surface area contributed by atoms with Crippen LogP contribution in [0.4, 0.5) is 4.39 Å². The molecule has 2 nitrogen and oxygen atoms in total. The molecule has 1 unspecified atom stereocenters. The molecular formula is C17H19FO2. The number of aliphatic hydroxyl groups is 1. The van der Waals surface area contributed by atoms with Crippen molar-refractivity contribution in [3.05, 3.63) is 65.5 Å². The third kappa shape index (κ3) is 2.68. The minimum absolute atomic E-state index is 0.298. The standard InChI is InChI=1S/C17H19FO2/c1-3-17(19,15-7-5-6-8-16(15)18)13-9-11-14(12-10-13)20-4-2/h5-12,19H,3-4H2,1-2H3. The van der Waals surface area contributed by atoms with Crippen LogP contribution in [-0.4, -0.2) is 11.7 Å². The van der Waals surface area contributed by atoms with E-state index in [2.05, 4.69) is 0 Å². The Hall–Kier alpha value is -1.87. The Morgan fingerprint density at radius 3 is 2.25 bits per heavy atom. The Morgan fingerprint density at radius 1 is 1.05 bits per heavy atom. The lowest BCUT2D eigenvalue weighted by atomic mass is 9.84. The van der Waals surface area contributed by atoms with Crippen LogP contribution in [0, 0.1) is 5.82 Å². The molecule has 1 N–H and O–H groups in total. The van der Waals surface area contributed by atoms with E-state index in [1.54, 1.807) is 42.5 Å². The summed E-state index contributed by atoms with van der Waals surface area (Å²) in [5.41, 5.74) is -0.365. The highest BCUT2D eigenvalue weighted by Crippen LogP contribution is 2.35. The average molecular weight is 274 g/mol. The first-order valence-electron chi connectivity index (χ1n) is 6.82. The summed E-state index contributed by atoms with van der Waals surface area (Å²) < 4.78 is 19.4. The predicted molar refractivity (Wildman–Crippen MR) is 77.3 cm³/mol. The van der Waals surface area contributed by atoms with Crippen LogP contribution in [-0.2, 0) is 5.60 Å². The zero-order valence-electron chi connectivity index (χ0n) is 11.8. The molecule has 1 atom stereocenters. The van der Waals surface area contributed by atoms with E-state index >= 15 is 0 Å². The number of benzene rings is 2. The molecule has 0 saturated heterocycles. The molecule has 0 aliphatic heterocycles. The Morgan fingerprint density at radius 2 is 1.70 bits per heavy atom. The fourth-order valence-electron chi connectivity index (χ4n) is 2.34. The van der Waals surface area contributed by atoms with Gasteiger partial charge in [-0.25, -0.2) is 4.39 Å². The SMILES string of the molecule is CCOc1ccc(C(O)(CC)c2ccccc2F)cc1. The highest BCUT2D eigenvalue weighted by atomic mass is 19.1. The van der Waals surface area contributed by atoms with Crippen molar-refractivity contribution < 1.29 is 14.2 Å². The quantitative estimate of drug-likeness (QED) is 0.896. The molecule has 0 bridgehead atoms. The molecule has 0 radical (unpaired) electrons. The van der Waals surface area contributed by atoms with E-state index in [1.807, 2.05) is 13.8 Å². The molecule has 20 heavy (non-hydrogen) atoms. The lowest BCUT2D eigenvalue weighted by molar-refractivity contribution is 0.0725. The molecule has 0 heterocycles. The summed E-state index contributed by atoms with van der Waals surface area (Å²) in [6.45, 7) is 4.34. The van der Waals surface area contributed by atoms with Crippen LogP contribution in [0.5, 0.6) is 5.75 Å². The van der Waals surface area contributed by atoms with E-state index in [9.17, 15) is 9.50 Å². The Bertz CT molecular complexity index is 565. The summed E-state index contributed by atoms with van der Waals surface area (Å²) in [6.07, 6.45) is 0.391. The van der Waals surface area contributed by atoms with Gasteiger partial charge in [-0.2, -0.15) is 0 Å². The van der Waals surface area contributed by atoms with Crippen molar-refractivity contribution in [1.82, 2.24) is 0 Å². The number of hydrogen-bond donors (Lipinski definition) is 1. The van der Waals surface area contributed by atoms with Gasteiger partial charge in [-0.05, 0) is 37.1 Å². The van der Waals surface area contributed by atoms with Gasteiger partial charge in [0.05, 0.1) is 6.61 Å². The molecule has 2 aromatic carbocycles. The molecule has 0 aliphatic carbocycles. The van der Waals surface area contributed by atoms with Gasteiger partial charge in [0, 0.05) is 5.56 Å². The van der Waals surface area contributed by atoms with Crippen LogP contribution in [0.15, 0.2) is 48.5 Å². The van der Waals surface area contributed by atoms with Gasteiger partial charge in [0.25, 0.3) is 0 Å². The van der Waals surface area contributed by atoms with Crippen LogP contribution < -0.4 is 4.74 Å². The van der Waals surface area contributed by atoms with Crippen LogP contribution in [0.2, 0.25) is 0 Å². The van der Waals surface area contributed by atoms with E-state index in [1.165, 1.54) is 6.07 Å². The predicted octanol–water partition coefficient (Wildman–Crippen LogP) is 3.87. The zero-order valence-corrected chi connectivity index (χ0v) is 11.8. The van der Waals surface area contributed by atoms with Gasteiger partial charge in [-0.1, -0.05) is 37.3 Å². The monoisotopic (exact) mass is 274 g/mol. The van der Waals surface area contributed by atoms with E-state index in [4.69, 9.17) is 4.74 Å². The smallest absolute Gasteiger partial charge is 0.129 e. The van der Waals surface area contributed by atoms with Gasteiger partial charge in [0.15, 0.2) is 0 Å². The maximum atomic E-state index is 14.0. The van der Waals surface area contributed by atoms with Crippen LogP contribution in [0.1, 0.15) is 31.4 Å². The van der Waals surface area contributed by atoms with Crippen molar-refractivity contribution in [2.24, 2.45) is 0 Å². The second-order valence-electron chi connectivity index (χ2n) is 4.65. The Balaban J connectivity index is 2.42. The summed E-state index contributed by atoms with van der Waals surface area (Å²) in [4.78, 5) is 0. The number of halogens is 1. The van der Waals surface area contributed by atoms with Gasteiger partial charge in [-0.3, -0.25) is 0 Å². The highest BCUT2D eigenvalue weighted by molar-refractivity contribution is 5.39. The summed E-state index contributed by atoms with van der Waals surface area (Å²) >= 11 is 0. The van der Waals surface area contributed by atoms with Crippen molar-refractivity contribution in [3.8, 4) is 5.75 Å². The Kier molecular flexibility index (Phi) is 4.40. The lowest BCUT2D eigenvalue weighted by Crippen LogP contribution is -2.27. The van der Waals surface area contributed by atoms with Crippen LogP contribution in [0.25, 0.3) is 0 Å². The molecule has 2 aromatic rings. The third-order valence-electron chi connectivity index (χ3n) is 3.47. The first-order chi connectivity index (χ1) is 9.61. The largest absolute Gasteiger partial charge is 0.494 e. The third-order valence-corrected chi connectivity index (χ3v) is 3.47. The van der Waals surface area contributed by atoms with Crippen LogP contribution >= 0.6 is 0 Å². The molecular weight excluding hydrogens is 255 g/mol. The molecule has 0 amide bonds. The van der Waals surface area contributed by atoms with Gasteiger partial charge < -0.3 is 9.84 Å².